The molecule has 1 N–H and O–H groups in total. The van der Waals surface area contributed by atoms with E-state index in [4.69, 9.17) is 4.74 Å². The summed E-state index contributed by atoms with van der Waals surface area (Å²) in [5.74, 6) is 0.0346. The molecule has 0 fully saturated rings. The monoisotopic (exact) mass is 442 g/mol. The normalized spacial score (nSPS) is 11.5. The van der Waals surface area contributed by atoms with Crippen LogP contribution in [0.15, 0.2) is 65.8 Å². The number of hydrogen-bond donors (Lipinski definition) is 1. The Morgan fingerprint density at radius 2 is 1.90 bits per heavy atom. The first-order chi connectivity index (χ1) is 14.8. The van der Waals surface area contributed by atoms with Gasteiger partial charge in [0.05, 0.1) is 18.5 Å². The second-order valence-corrected chi connectivity index (χ2v) is 9.18. The Morgan fingerprint density at radius 1 is 1.16 bits per heavy atom. The number of carbonyl (C=O) groups excluding carboxylic acids is 1. The standard InChI is InChI=1S/C22H26N4O4S/c1-4-30-20-12-11-18(14-21(20)31(28,29)25(2)3)24-22(27)13-10-17-15-23-26(16-17)19-8-6-5-7-9-19/h5-9,11-12,14-16H,4,10,13H2,1-3H3,(H,24,27). The quantitative estimate of drug-likeness (QED) is 0.550. The van der Waals surface area contributed by atoms with Crippen molar-refractivity contribution < 1.29 is 17.9 Å². The zero-order valence-corrected chi connectivity index (χ0v) is 18.6. The number of anilines is 1. The Bertz CT molecular complexity index is 1140. The number of nitrogens with one attached hydrogen (secondary N) is 1. The molecule has 0 saturated heterocycles. The van der Waals surface area contributed by atoms with E-state index in [0.717, 1.165) is 15.6 Å². The van der Waals surface area contributed by atoms with Crippen LogP contribution in [0.5, 0.6) is 5.75 Å². The molecule has 9 heteroatoms. The molecule has 0 aliphatic rings. The van der Waals surface area contributed by atoms with Crippen LogP contribution in [0.3, 0.4) is 0 Å². The molecule has 3 rings (SSSR count). The lowest BCUT2D eigenvalue weighted by Gasteiger charge is -2.16. The molecule has 0 bridgehead atoms. The van der Waals surface area contributed by atoms with Gasteiger partial charge in [0, 0.05) is 32.4 Å². The van der Waals surface area contributed by atoms with Gasteiger partial charge in [-0.2, -0.15) is 5.10 Å². The van der Waals surface area contributed by atoms with Gasteiger partial charge in [0.25, 0.3) is 0 Å². The van der Waals surface area contributed by atoms with Crippen molar-refractivity contribution in [2.45, 2.75) is 24.7 Å². The molecular formula is C22H26N4O4S. The zero-order valence-electron chi connectivity index (χ0n) is 17.8. The molecule has 0 aliphatic heterocycles. The van der Waals surface area contributed by atoms with Crippen molar-refractivity contribution >= 4 is 21.6 Å². The molecule has 164 valence electrons. The van der Waals surface area contributed by atoms with Gasteiger partial charge in [0.15, 0.2) is 0 Å². The fraction of sp³-hybridized carbons (Fsp3) is 0.273. The SMILES string of the molecule is CCOc1ccc(NC(=O)CCc2cnn(-c3ccccc3)c2)cc1S(=O)(=O)N(C)C. The molecule has 1 heterocycles. The Labute approximate surface area is 182 Å². The third-order valence-corrected chi connectivity index (χ3v) is 6.42. The molecule has 0 aliphatic carbocycles. The summed E-state index contributed by atoms with van der Waals surface area (Å²) in [5.41, 5.74) is 2.28. The molecule has 1 amide bonds. The number of aromatic nitrogens is 2. The van der Waals surface area contributed by atoms with Crippen LogP contribution in [0.2, 0.25) is 0 Å². The summed E-state index contributed by atoms with van der Waals surface area (Å²) < 4.78 is 33.6. The number of para-hydroxylation sites is 1. The third kappa shape index (κ3) is 5.50. The second kappa shape index (κ2) is 9.76. The Kier molecular flexibility index (Phi) is 7.09. The molecular weight excluding hydrogens is 416 g/mol. The average molecular weight is 443 g/mol. The van der Waals surface area contributed by atoms with E-state index in [2.05, 4.69) is 10.4 Å². The summed E-state index contributed by atoms with van der Waals surface area (Å²) >= 11 is 0. The van der Waals surface area contributed by atoms with Crippen molar-refractivity contribution in [1.29, 1.82) is 0 Å². The second-order valence-electron chi connectivity index (χ2n) is 7.06. The van der Waals surface area contributed by atoms with E-state index < -0.39 is 10.0 Å². The maximum absolute atomic E-state index is 12.6. The van der Waals surface area contributed by atoms with Crippen molar-refractivity contribution in [3.05, 3.63) is 66.5 Å². The number of benzene rings is 2. The number of aryl methyl sites for hydroxylation is 1. The number of carbonyl (C=O) groups is 1. The van der Waals surface area contributed by atoms with Gasteiger partial charge in [-0.25, -0.2) is 17.4 Å². The van der Waals surface area contributed by atoms with E-state index >= 15 is 0 Å². The Hall–Kier alpha value is -3.17. The minimum absolute atomic E-state index is 0.0151. The molecule has 0 atom stereocenters. The fourth-order valence-corrected chi connectivity index (χ4v) is 4.00. The minimum atomic E-state index is -3.72. The molecule has 0 saturated carbocycles. The summed E-state index contributed by atoms with van der Waals surface area (Å²) in [6.07, 6.45) is 4.38. The van der Waals surface area contributed by atoms with Crippen LogP contribution < -0.4 is 10.1 Å². The van der Waals surface area contributed by atoms with Gasteiger partial charge in [0.1, 0.15) is 10.6 Å². The predicted molar refractivity (Wildman–Crippen MR) is 119 cm³/mol. The van der Waals surface area contributed by atoms with Crippen molar-refractivity contribution in [3.63, 3.8) is 0 Å². The molecule has 31 heavy (non-hydrogen) atoms. The van der Waals surface area contributed by atoms with Crippen molar-refractivity contribution in [2.75, 3.05) is 26.0 Å². The third-order valence-electron chi connectivity index (χ3n) is 4.58. The first-order valence-electron chi connectivity index (χ1n) is 9.89. The van der Waals surface area contributed by atoms with Gasteiger partial charge in [-0.1, -0.05) is 18.2 Å². The number of hydrogen-bond acceptors (Lipinski definition) is 5. The van der Waals surface area contributed by atoms with Crippen LogP contribution in [0.25, 0.3) is 5.69 Å². The van der Waals surface area contributed by atoms with Crippen LogP contribution >= 0.6 is 0 Å². The van der Waals surface area contributed by atoms with E-state index in [9.17, 15) is 13.2 Å². The lowest BCUT2D eigenvalue weighted by molar-refractivity contribution is -0.116. The van der Waals surface area contributed by atoms with Crippen LogP contribution in [0.4, 0.5) is 5.69 Å². The lowest BCUT2D eigenvalue weighted by Crippen LogP contribution is -2.23. The maximum Gasteiger partial charge on any atom is 0.246 e. The highest BCUT2D eigenvalue weighted by Crippen LogP contribution is 2.29. The number of sulfonamides is 1. The number of amides is 1. The summed E-state index contributed by atoms with van der Waals surface area (Å²) in [5, 5.41) is 7.10. The van der Waals surface area contributed by atoms with Crippen LogP contribution in [0.1, 0.15) is 18.9 Å². The zero-order chi connectivity index (χ0) is 22.4. The van der Waals surface area contributed by atoms with Crippen LogP contribution in [0, 0.1) is 0 Å². The van der Waals surface area contributed by atoms with Crippen LogP contribution in [-0.4, -0.2) is 49.1 Å². The molecule has 2 aromatic carbocycles. The Morgan fingerprint density at radius 3 is 2.58 bits per heavy atom. The molecule has 8 nitrogen and oxygen atoms in total. The van der Waals surface area contributed by atoms with Gasteiger partial charge in [-0.3, -0.25) is 4.79 Å². The van der Waals surface area contributed by atoms with E-state index in [1.54, 1.807) is 29.9 Å². The smallest absolute Gasteiger partial charge is 0.246 e. The highest BCUT2D eigenvalue weighted by Gasteiger charge is 2.23. The lowest BCUT2D eigenvalue weighted by atomic mass is 10.2. The van der Waals surface area contributed by atoms with Gasteiger partial charge in [0.2, 0.25) is 15.9 Å². The number of rotatable bonds is 9. The van der Waals surface area contributed by atoms with Crippen LogP contribution in [-0.2, 0) is 21.2 Å². The van der Waals surface area contributed by atoms with E-state index in [-0.39, 0.29) is 23.0 Å². The first kappa shape index (κ1) is 22.5. The highest BCUT2D eigenvalue weighted by molar-refractivity contribution is 7.89. The van der Waals surface area contributed by atoms with Crippen molar-refractivity contribution in [1.82, 2.24) is 14.1 Å². The molecule has 3 aromatic rings. The predicted octanol–water partition coefficient (Wildman–Crippen LogP) is 3.09. The van der Waals surface area contributed by atoms with E-state index in [1.807, 2.05) is 36.5 Å². The average Bonchev–Trinajstić information content (AvgIpc) is 3.23. The first-order valence-corrected chi connectivity index (χ1v) is 11.3. The minimum Gasteiger partial charge on any atom is -0.492 e. The van der Waals surface area contributed by atoms with Gasteiger partial charge >= 0.3 is 0 Å². The fourth-order valence-electron chi connectivity index (χ4n) is 2.95. The highest BCUT2D eigenvalue weighted by atomic mass is 32.2. The van der Waals surface area contributed by atoms with Crippen molar-refractivity contribution in [3.8, 4) is 11.4 Å². The van der Waals surface area contributed by atoms with Gasteiger partial charge in [-0.05, 0) is 49.2 Å². The largest absolute Gasteiger partial charge is 0.492 e. The summed E-state index contributed by atoms with van der Waals surface area (Å²) in [4.78, 5) is 12.5. The van der Waals surface area contributed by atoms with Gasteiger partial charge < -0.3 is 10.1 Å². The molecule has 0 radical (unpaired) electrons. The summed E-state index contributed by atoms with van der Waals surface area (Å²) in [7, 11) is -0.820. The van der Waals surface area contributed by atoms with E-state index in [1.165, 1.54) is 20.2 Å². The molecule has 1 aromatic heterocycles. The van der Waals surface area contributed by atoms with E-state index in [0.29, 0.717) is 18.7 Å². The van der Waals surface area contributed by atoms with Crippen molar-refractivity contribution in [2.24, 2.45) is 0 Å². The van der Waals surface area contributed by atoms with Gasteiger partial charge in [-0.15, -0.1) is 0 Å². The molecule has 0 unspecified atom stereocenters. The summed E-state index contributed by atoms with van der Waals surface area (Å²) in [6, 6.07) is 14.3. The molecule has 0 spiro atoms. The topological polar surface area (TPSA) is 93.5 Å². The maximum atomic E-state index is 12.6. The number of nitrogens with zero attached hydrogens (tertiary/aromatic N) is 3. The Balaban J connectivity index is 1.67. The summed E-state index contributed by atoms with van der Waals surface area (Å²) in [6.45, 7) is 2.11. The number of ether oxygens (including phenoxy) is 1.